The van der Waals surface area contributed by atoms with E-state index in [4.69, 9.17) is 32.5 Å². The highest BCUT2D eigenvalue weighted by molar-refractivity contribution is 6.31. The van der Waals surface area contributed by atoms with Crippen LogP contribution in [0.25, 0.3) is 12.2 Å². The summed E-state index contributed by atoms with van der Waals surface area (Å²) >= 11 is 12.1. The van der Waals surface area contributed by atoms with Gasteiger partial charge in [-0.15, -0.1) is 0 Å². The summed E-state index contributed by atoms with van der Waals surface area (Å²) in [7, 11) is 1.43. The molecule has 2 aromatic heterocycles. The minimum Gasteiger partial charge on any atom is -0.444 e. The summed E-state index contributed by atoms with van der Waals surface area (Å²) < 4.78 is 12.4. The zero-order chi connectivity index (χ0) is 27.0. The maximum atomic E-state index is 12.8. The third-order valence-corrected chi connectivity index (χ3v) is 5.11. The third kappa shape index (κ3) is 7.82. The molecule has 36 heavy (non-hydrogen) atoms. The first-order chi connectivity index (χ1) is 16.9. The van der Waals surface area contributed by atoms with Crippen molar-refractivity contribution in [3.05, 3.63) is 78.1 Å². The number of rotatable bonds is 6. The van der Waals surface area contributed by atoms with Crippen LogP contribution in [0.1, 0.15) is 57.6 Å². The van der Waals surface area contributed by atoms with Crippen LogP contribution in [0.2, 0.25) is 10.0 Å². The molecule has 0 saturated heterocycles. The van der Waals surface area contributed by atoms with E-state index in [9.17, 15) is 14.4 Å². The number of alkyl carbamates (subject to hydrolysis) is 1. The smallest absolute Gasteiger partial charge is 0.407 e. The molecular weight excluding hydrogens is 509 g/mol. The standard InChI is InChI=1S/C22H23Cl2N5O5.C2H6/c1-22(2,3)33-20(31)25-11-15-18(24)19(30)29(21(32)28(15)4)12-17-26-16(27-34-17)10-7-13-5-8-14(23)9-6-13;1-2/h5-10H,11-12H2,1-4H3,(H,25,31);1-2H3/b10-7+;. The fourth-order valence-electron chi connectivity index (χ4n) is 2.86. The average Bonchev–Trinajstić information content (AvgIpc) is 3.28. The van der Waals surface area contributed by atoms with Crippen molar-refractivity contribution in [1.29, 1.82) is 0 Å². The van der Waals surface area contributed by atoms with Crippen LogP contribution >= 0.6 is 23.2 Å². The van der Waals surface area contributed by atoms with Crippen molar-refractivity contribution in [2.45, 2.75) is 53.3 Å². The Hall–Kier alpha value is -3.37. The van der Waals surface area contributed by atoms with E-state index >= 15 is 0 Å². The van der Waals surface area contributed by atoms with E-state index in [1.54, 1.807) is 45.1 Å². The predicted molar refractivity (Wildman–Crippen MR) is 139 cm³/mol. The minimum atomic E-state index is -0.748. The molecule has 0 radical (unpaired) electrons. The molecule has 0 fully saturated rings. The zero-order valence-electron chi connectivity index (χ0n) is 21.0. The van der Waals surface area contributed by atoms with Gasteiger partial charge in [0.15, 0.2) is 5.82 Å². The number of halogens is 2. The highest BCUT2D eigenvalue weighted by Crippen LogP contribution is 2.13. The van der Waals surface area contributed by atoms with Gasteiger partial charge >= 0.3 is 11.8 Å². The highest BCUT2D eigenvalue weighted by atomic mass is 35.5. The Morgan fingerprint density at radius 3 is 2.39 bits per heavy atom. The van der Waals surface area contributed by atoms with Gasteiger partial charge in [-0.05, 0) is 44.5 Å². The molecule has 0 aliphatic rings. The maximum Gasteiger partial charge on any atom is 0.407 e. The SMILES string of the molecule is CC.Cn1c(CNC(=O)OC(C)(C)C)c(Cl)c(=O)n(Cc2nc(/C=C/c3ccc(Cl)cc3)no2)c1=O. The van der Waals surface area contributed by atoms with Crippen LogP contribution < -0.4 is 16.6 Å². The summed E-state index contributed by atoms with van der Waals surface area (Å²) in [6.45, 7) is 8.70. The van der Waals surface area contributed by atoms with Crippen LogP contribution in [-0.4, -0.2) is 31.0 Å². The molecule has 0 aliphatic carbocycles. The second-order valence-corrected chi connectivity index (χ2v) is 9.09. The number of carbonyl (C=O) groups is 1. The van der Waals surface area contributed by atoms with Crippen molar-refractivity contribution in [2.75, 3.05) is 0 Å². The number of benzene rings is 1. The lowest BCUT2D eigenvalue weighted by atomic mass is 10.2. The fraction of sp³-hybridized carbons (Fsp3) is 0.375. The molecule has 194 valence electrons. The number of hydrogen-bond acceptors (Lipinski definition) is 7. The Morgan fingerprint density at radius 1 is 1.14 bits per heavy atom. The van der Waals surface area contributed by atoms with Crippen molar-refractivity contribution >= 4 is 41.4 Å². The van der Waals surface area contributed by atoms with E-state index in [2.05, 4.69) is 15.5 Å². The number of ether oxygens (including phenoxy) is 1. The molecule has 3 rings (SSSR count). The molecular formula is C24H29Cl2N5O5. The highest BCUT2D eigenvalue weighted by Gasteiger charge is 2.20. The van der Waals surface area contributed by atoms with Crippen LogP contribution in [0.5, 0.6) is 0 Å². The number of nitrogens with zero attached hydrogens (tertiary/aromatic N) is 4. The summed E-state index contributed by atoms with van der Waals surface area (Å²) in [5.41, 5.74) is -1.09. The van der Waals surface area contributed by atoms with Gasteiger partial charge in [-0.3, -0.25) is 9.36 Å². The molecule has 12 heteroatoms. The van der Waals surface area contributed by atoms with Gasteiger partial charge in [-0.2, -0.15) is 4.98 Å². The van der Waals surface area contributed by atoms with Gasteiger partial charge in [0.1, 0.15) is 17.2 Å². The lowest BCUT2D eigenvalue weighted by molar-refractivity contribution is 0.0522. The molecule has 0 spiro atoms. The van der Waals surface area contributed by atoms with Gasteiger partial charge in [0.05, 0.1) is 12.2 Å². The molecule has 1 N–H and O–H groups in total. The van der Waals surface area contributed by atoms with Gasteiger partial charge in [-0.25, -0.2) is 14.2 Å². The third-order valence-electron chi connectivity index (χ3n) is 4.48. The van der Waals surface area contributed by atoms with Crippen molar-refractivity contribution in [1.82, 2.24) is 24.6 Å². The van der Waals surface area contributed by atoms with Gasteiger partial charge < -0.3 is 14.6 Å². The molecule has 10 nitrogen and oxygen atoms in total. The van der Waals surface area contributed by atoms with Crippen LogP contribution in [0.15, 0.2) is 38.4 Å². The van der Waals surface area contributed by atoms with Crippen molar-refractivity contribution in [2.24, 2.45) is 7.05 Å². The van der Waals surface area contributed by atoms with Crippen LogP contribution in [0.4, 0.5) is 4.79 Å². The summed E-state index contributed by atoms with van der Waals surface area (Å²) in [6.07, 6.45) is 2.68. The van der Waals surface area contributed by atoms with E-state index < -0.39 is 22.9 Å². The van der Waals surface area contributed by atoms with Gasteiger partial charge in [-0.1, -0.05) is 60.4 Å². The molecule has 1 aromatic carbocycles. The number of amides is 1. The van der Waals surface area contributed by atoms with Gasteiger partial charge in [0.25, 0.3) is 5.56 Å². The zero-order valence-corrected chi connectivity index (χ0v) is 22.5. The summed E-state index contributed by atoms with van der Waals surface area (Å²) in [5, 5.41) is 6.71. The number of carbonyl (C=O) groups excluding carboxylic acids is 1. The molecule has 0 aliphatic heterocycles. The number of aromatic nitrogens is 4. The number of hydrogen-bond donors (Lipinski definition) is 1. The van der Waals surface area contributed by atoms with Gasteiger partial charge in [0, 0.05) is 12.1 Å². The Balaban J connectivity index is 0.00000222. The Kier molecular flexibility index (Phi) is 10.1. The first kappa shape index (κ1) is 28.9. The summed E-state index contributed by atoms with van der Waals surface area (Å²) in [4.78, 5) is 41.6. The summed E-state index contributed by atoms with van der Waals surface area (Å²) in [6, 6.07) is 7.15. The molecule has 0 bridgehead atoms. The van der Waals surface area contributed by atoms with Crippen LogP contribution in [0, 0.1) is 0 Å². The second kappa shape index (κ2) is 12.5. The van der Waals surface area contributed by atoms with E-state index in [1.165, 1.54) is 11.6 Å². The van der Waals surface area contributed by atoms with E-state index in [-0.39, 0.29) is 35.5 Å². The van der Waals surface area contributed by atoms with E-state index in [0.717, 1.165) is 10.1 Å². The molecule has 0 unspecified atom stereocenters. The van der Waals surface area contributed by atoms with Gasteiger partial charge in [0.2, 0.25) is 5.89 Å². The fourth-order valence-corrected chi connectivity index (χ4v) is 3.28. The van der Waals surface area contributed by atoms with E-state index in [1.807, 2.05) is 26.0 Å². The molecule has 1 amide bonds. The maximum absolute atomic E-state index is 12.8. The first-order valence-electron chi connectivity index (χ1n) is 11.2. The number of nitrogens with one attached hydrogen (secondary N) is 1. The molecule has 0 atom stereocenters. The van der Waals surface area contributed by atoms with Crippen molar-refractivity contribution < 1.29 is 14.1 Å². The molecule has 2 heterocycles. The lowest BCUT2D eigenvalue weighted by Gasteiger charge is -2.20. The summed E-state index contributed by atoms with van der Waals surface area (Å²) in [5.74, 6) is 0.310. The average molecular weight is 538 g/mol. The quantitative estimate of drug-likeness (QED) is 0.490. The van der Waals surface area contributed by atoms with E-state index in [0.29, 0.717) is 5.02 Å². The second-order valence-electron chi connectivity index (χ2n) is 8.28. The normalized spacial score (nSPS) is 11.2. The largest absolute Gasteiger partial charge is 0.444 e. The molecule has 0 saturated carbocycles. The Morgan fingerprint density at radius 2 is 1.78 bits per heavy atom. The predicted octanol–water partition coefficient (Wildman–Crippen LogP) is 4.51. The Bertz CT molecular complexity index is 1300. The molecule has 3 aromatic rings. The monoisotopic (exact) mass is 537 g/mol. The van der Waals surface area contributed by atoms with Crippen molar-refractivity contribution in [3.63, 3.8) is 0 Å². The Labute approximate surface area is 218 Å². The first-order valence-corrected chi connectivity index (χ1v) is 11.9. The lowest BCUT2D eigenvalue weighted by Crippen LogP contribution is -2.42. The van der Waals surface area contributed by atoms with Crippen LogP contribution in [-0.2, 0) is 24.9 Å². The minimum absolute atomic E-state index is 0.0469. The van der Waals surface area contributed by atoms with Crippen molar-refractivity contribution in [3.8, 4) is 0 Å². The topological polar surface area (TPSA) is 121 Å². The van der Waals surface area contributed by atoms with Crippen LogP contribution in [0.3, 0.4) is 0 Å².